The summed E-state index contributed by atoms with van der Waals surface area (Å²) in [6.45, 7) is 6.72. The molecule has 0 saturated heterocycles. The highest BCUT2D eigenvalue weighted by atomic mass is 16.5. The average Bonchev–Trinajstić information content (AvgIpc) is 2.35. The monoisotopic (exact) mass is 239 g/mol. The van der Waals surface area contributed by atoms with Gasteiger partial charge in [-0.2, -0.15) is 0 Å². The molecule has 0 atom stereocenters. The van der Waals surface area contributed by atoms with Gasteiger partial charge in [-0.05, 0) is 20.3 Å². The zero-order valence-corrected chi connectivity index (χ0v) is 10.9. The molecule has 0 aliphatic rings. The second-order valence-corrected chi connectivity index (χ2v) is 4.36. The zero-order valence-electron chi connectivity index (χ0n) is 10.9. The molecule has 1 rings (SSSR count). The van der Waals surface area contributed by atoms with E-state index in [9.17, 15) is 0 Å². The number of nitrogen functional groups attached to an aromatic ring is 1. The molecule has 0 bridgehead atoms. The lowest BCUT2D eigenvalue weighted by atomic mass is 10.1. The number of anilines is 2. The highest BCUT2D eigenvalue weighted by Crippen LogP contribution is 2.20. The van der Waals surface area contributed by atoms with Crippen LogP contribution in [0.25, 0.3) is 0 Å². The first-order valence-electron chi connectivity index (χ1n) is 5.63. The summed E-state index contributed by atoms with van der Waals surface area (Å²) in [5.41, 5.74) is 3.31. The molecule has 0 unspecified atom stereocenters. The van der Waals surface area contributed by atoms with E-state index in [-0.39, 0.29) is 5.60 Å². The third kappa shape index (κ3) is 3.54. The van der Waals surface area contributed by atoms with E-state index in [1.807, 2.05) is 20.8 Å². The van der Waals surface area contributed by atoms with Crippen molar-refractivity contribution in [2.75, 3.05) is 24.4 Å². The van der Waals surface area contributed by atoms with Crippen LogP contribution in [0.1, 0.15) is 26.3 Å². The largest absolute Gasteiger partial charge is 0.377 e. The minimum absolute atomic E-state index is 0.244. The Balaban J connectivity index is 2.84. The molecule has 0 aliphatic heterocycles. The van der Waals surface area contributed by atoms with Crippen molar-refractivity contribution in [3.8, 4) is 0 Å². The standard InChI is InChI=1S/C11H21N5O/c1-5-8-9(13-6-11(2,3)17-4)14-7-15-10(8)16-12/h7H,5-6,12H2,1-4H3,(H2,13,14,15,16). The molecule has 17 heavy (non-hydrogen) atoms. The number of aromatic nitrogens is 2. The Labute approximate surface area is 102 Å². The van der Waals surface area contributed by atoms with E-state index in [2.05, 4.69) is 20.7 Å². The Morgan fingerprint density at radius 3 is 2.53 bits per heavy atom. The smallest absolute Gasteiger partial charge is 0.148 e. The summed E-state index contributed by atoms with van der Waals surface area (Å²) >= 11 is 0. The molecule has 0 amide bonds. The molecule has 0 aromatic carbocycles. The lowest BCUT2D eigenvalue weighted by Gasteiger charge is -2.24. The van der Waals surface area contributed by atoms with Gasteiger partial charge in [-0.3, -0.25) is 0 Å². The molecular formula is C11H21N5O. The lowest BCUT2D eigenvalue weighted by molar-refractivity contribution is 0.0343. The summed E-state index contributed by atoms with van der Waals surface area (Å²) < 4.78 is 5.34. The Hall–Kier alpha value is -1.40. The van der Waals surface area contributed by atoms with Gasteiger partial charge in [0.25, 0.3) is 0 Å². The third-order valence-corrected chi connectivity index (χ3v) is 2.67. The van der Waals surface area contributed by atoms with Gasteiger partial charge in [0.15, 0.2) is 0 Å². The van der Waals surface area contributed by atoms with E-state index in [0.29, 0.717) is 12.4 Å². The molecule has 0 fully saturated rings. The van der Waals surface area contributed by atoms with Crippen molar-refractivity contribution in [2.45, 2.75) is 32.8 Å². The van der Waals surface area contributed by atoms with E-state index in [1.165, 1.54) is 6.33 Å². The van der Waals surface area contributed by atoms with Crippen LogP contribution in [-0.2, 0) is 11.2 Å². The van der Waals surface area contributed by atoms with Crippen molar-refractivity contribution in [2.24, 2.45) is 5.84 Å². The maximum absolute atomic E-state index is 5.41. The van der Waals surface area contributed by atoms with Crippen LogP contribution in [0.3, 0.4) is 0 Å². The SMILES string of the molecule is CCc1c(NN)ncnc1NCC(C)(C)OC. The molecule has 0 radical (unpaired) electrons. The fourth-order valence-electron chi connectivity index (χ4n) is 1.39. The van der Waals surface area contributed by atoms with Crippen molar-refractivity contribution in [1.82, 2.24) is 9.97 Å². The van der Waals surface area contributed by atoms with Gasteiger partial charge in [0, 0.05) is 19.2 Å². The fraction of sp³-hybridized carbons (Fsp3) is 0.636. The molecule has 4 N–H and O–H groups in total. The molecule has 0 saturated carbocycles. The first kappa shape index (κ1) is 13.7. The number of hydrazine groups is 1. The Morgan fingerprint density at radius 2 is 2.00 bits per heavy atom. The van der Waals surface area contributed by atoms with Crippen molar-refractivity contribution >= 4 is 11.6 Å². The van der Waals surface area contributed by atoms with Crippen molar-refractivity contribution in [1.29, 1.82) is 0 Å². The summed E-state index contributed by atoms with van der Waals surface area (Å²) in [6.07, 6.45) is 2.28. The minimum atomic E-state index is -0.244. The van der Waals surface area contributed by atoms with Gasteiger partial charge in [-0.25, -0.2) is 15.8 Å². The first-order chi connectivity index (χ1) is 8.04. The van der Waals surface area contributed by atoms with Crippen molar-refractivity contribution in [3.05, 3.63) is 11.9 Å². The number of rotatable bonds is 6. The predicted molar refractivity (Wildman–Crippen MR) is 68.8 cm³/mol. The lowest BCUT2D eigenvalue weighted by Crippen LogP contribution is -2.32. The van der Waals surface area contributed by atoms with Crippen LogP contribution in [0.4, 0.5) is 11.6 Å². The number of nitrogens with one attached hydrogen (secondary N) is 2. The summed E-state index contributed by atoms with van der Waals surface area (Å²) in [4.78, 5) is 8.30. The fourth-order valence-corrected chi connectivity index (χ4v) is 1.39. The van der Waals surface area contributed by atoms with Crippen LogP contribution < -0.4 is 16.6 Å². The van der Waals surface area contributed by atoms with Gasteiger partial charge in [0.05, 0.1) is 5.60 Å². The van der Waals surface area contributed by atoms with E-state index in [4.69, 9.17) is 10.6 Å². The number of methoxy groups -OCH3 is 1. The predicted octanol–water partition coefficient (Wildman–Crippen LogP) is 1.16. The zero-order chi connectivity index (χ0) is 12.9. The van der Waals surface area contributed by atoms with Gasteiger partial charge in [0.2, 0.25) is 0 Å². The second-order valence-electron chi connectivity index (χ2n) is 4.36. The second kappa shape index (κ2) is 5.79. The highest BCUT2D eigenvalue weighted by molar-refractivity contribution is 5.56. The van der Waals surface area contributed by atoms with Crippen LogP contribution >= 0.6 is 0 Å². The third-order valence-electron chi connectivity index (χ3n) is 2.67. The number of nitrogens with zero attached hydrogens (tertiary/aromatic N) is 2. The topological polar surface area (TPSA) is 85.1 Å². The normalized spacial score (nSPS) is 11.4. The molecule has 0 spiro atoms. The molecule has 96 valence electrons. The molecule has 1 heterocycles. The first-order valence-corrected chi connectivity index (χ1v) is 5.63. The summed E-state index contributed by atoms with van der Waals surface area (Å²) in [5.74, 6) is 6.86. The maximum Gasteiger partial charge on any atom is 0.148 e. The molecule has 1 aromatic rings. The van der Waals surface area contributed by atoms with Gasteiger partial charge in [-0.1, -0.05) is 6.92 Å². The van der Waals surface area contributed by atoms with Gasteiger partial charge < -0.3 is 15.5 Å². The number of ether oxygens (including phenoxy) is 1. The quantitative estimate of drug-likeness (QED) is 0.510. The van der Waals surface area contributed by atoms with Gasteiger partial charge in [0.1, 0.15) is 18.0 Å². The molecule has 6 nitrogen and oxygen atoms in total. The number of hydrogen-bond acceptors (Lipinski definition) is 6. The summed E-state index contributed by atoms with van der Waals surface area (Å²) in [6, 6.07) is 0. The van der Waals surface area contributed by atoms with Crippen LogP contribution in [0, 0.1) is 0 Å². The highest BCUT2D eigenvalue weighted by Gasteiger charge is 2.17. The average molecular weight is 239 g/mol. The molecule has 1 aromatic heterocycles. The Bertz CT molecular complexity index is 367. The molecule has 0 aliphatic carbocycles. The summed E-state index contributed by atoms with van der Waals surface area (Å²) in [7, 11) is 1.69. The Kier molecular flexibility index (Phi) is 4.65. The van der Waals surface area contributed by atoms with Crippen LogP contribution in [-0.4, -0.2) is 29.2 Å². The van der Waals surface area contributed by atoms with Crippen molar-refractivity contribution in [3.63, 3.8) is 0 Å². The minimum Gasteiger partial charge on any atom is -0.377 e. The van der Waals surface area contributed by atoms with Crippen molar-refractivity contribution < 1.29 is 4.74 Å². The van der Waals surface area contributed by atoms with Crippen LogP contribution in [0.5, 0.6) is 0 Å². The van der Waals surface area contributed by atoms with E-state index >= 15 is 0 Å². The van der Waals surface area contributed by atoms with Gasteiger partial charge >= 0.3 is 0 Å². The molecular weight excluding hydrogens is 218 g/mol. The van der Waals surface area contributed by atoms with E-state index < -0.39 is 0 Å². The summed E-state index contributed by atoms with van der Waals surface area (Å²) in [5, 5.41) is 3.26. The number of hydrogen-bond donors (Lipinski definition) is 3. The van der Waals surface area contributed by atoms with Crippen LogP contribution in [0.15, 0.2) is 6.33 Å². The Morgan fingerprint density at radius 1 is 1.35 bits per heavy atom. The molecule has 6 heteroatoms. The maximum atomic E-state index is 5.41. The number of nitrogens with two attached hydrogens (primary N) is 1. The van der Waals surface area contributed by atoms with Crippen LogP contribution in [0.2, 0.25) is 0 Å². The van der Waals surface area contributed by atoms with Gasteiger partial charge in [-0.15, -0.1) is 0 Å². The van der Waals surface area contributed by atoms with E-state index in [0.717, 1.165) is 17.8 Å². The van der Waals surface area contributed by atoms with E-state index in [1.54, 1.807) is 7.11 Å².